The molecule has 0 radical (unpaired) electrons. The lowest BCUT2D eigenvalue weighted by atomic mass is 10.0. The fraction of sp³-hybridized carbons (Fsp3) is 0.455. The van der Waals surface area contributed by atoms with Gasteiger partial charge in [0.1, 0.15) is 5.82 Å². The average Bonchev–Trinajstić information content (AvgIpc) is 3.58. The van der Waals surface area contributed by atoms with Crippen LogP contribution >= 0.6 is 0 Å². The molecule has 172 valence electrons. The molecule has 0 saturated carbocycles. The van der Waals surface area contributed by atoms with Crippen LogP contribution < -0.4 is 19.7 Å². The van der Waals surface area contributed by atoms with Gasteiger partial charge in [0.05, 0.1) is 13.2 Å². The predicted octanol–water partition coefficient (Wildman–Crippen LogP) is 1.77. The molecule has 5 heterocycles. The first-order valence-electron chi connectivity index (χ1n) is 11.1. The van der Waals surface area contributed by atoms with Gasteiger partial charge >= 0.3 is 0 Å². The molecule has 2 fully saturated rings. The summed E-state index contributed by atoms with van der Waals surface area (Å²) in [7, 11) is 0. The minimum atomic E-state index is -0.423. The molecule has 2 saturated heterocycles. The number of ether oxygens (including phenoxy) is 4. The van der Waals surface area contributed by atoms with Crippen molar-refractivity contribution in [2.75, 3.05) is 43.3 Å². The Morgan fingerprint density at radius 2 is 1.85 bits per heavy atom. The molecule has 0 aliphatic carbocycles. The second-order valence-electron chi connectivity index (χ2n) is 8.29. The van der Waals surface area contributed by atoms with Crippen LogP contribution in [0, 0.1) is 0 Å². The van der Waals surface area contributed by atoms with E-state index in [-0.39, 0.29) is 19.1 Å². The first kappa shape index (κ1) is 20.2. The van der Waals surface area contributed by atoms with Gasteiger partial charge < -0.3 is 29.2 Å². The second kappa shape index (κ2) is 8.16. The monoisotopic (exact) mass is 452 g/mol. The van der Waals surface area contributed by atoms with Crippen molar-refractivity contribution in [1.29, 1.82) is 0 Å². The lowest BCUT2D eigenvalue weighted by Crippen LogP contribution is -2.45. The van der Waals surface area contributed by atoms with Gasteiger partial charge in [0, 0.05) is 50.5 Å². The van der Waals surface area contributed by atoms with Gasteiger partial charge in [-0.1, -0.05) is 0 Å². The first-order chi connectivity index (χ1) is 16.2. The second-order valence-corrected chi connectivity index (χ2v) is 8.29. The SMILES string of the molecule is O=C(CCc1nnc2ccc(N3CCC4(CC3)OCCO4)nn12)Nc1ccc2c(c1)OCO2. The number of carbonyl (C=O) groups is 1. The topological polar surface area (TPSA) is 112 Å². The van der Waals surface area contributed by atoms with Gasteiger partial charge in [-0.3, -0.25) is 4.79 Å². The van der Waals surface area contributed by atoms with Crippen molar-refractivity contribution in [1.82, 2.24) is 19.8 Å². The molecular weight excluding hydrogens is 428 g/mol. The molecule has 11 heteroatoms. The number of amides is 1. The molecule has 0 bridgehead atoms. The summed E-state index contributed by atoms with van der Waals surface area (Å²) in [4.78, 5) is 14.7. The number of piperidine rings is 1. The van der Waals surface area contributed by atoms with Gasteiger partial charge in [-0.05, 0) is 24.3 Å². The van der Waals surface area contributed by atoms with Crippen LogP contribution in [-0.2, 0) is 20.7 Å². The van der Waals surface area contributed by atoms with Crippen molar-refractivity contribution >= 4 is 23.1 Å². The van der Waals surface area contributed by atoms with Crippen molar-refractivity contribution in [3.05, 3.63) is 36.2 Å². The molecule has 33 heavy (non-hydrogen) atoms. The summed E-state index contributed by atoms with van der Waals surface area (Å²) in [5, 5.41) is 16.1. The zero-order chi connectivity index (χ0) is 22.3. The fourth-order valence-corrected chi connectivity index (χ4v) is 4.43. The largest absolute Gasteiger partial charge is 0.454 e. The van der Waals surface area contributed by atoms with Crippen molar-refractivity contribution < 1.29 is 23.7 Å². The van der Waals surface area contributed by atoms with Gasteiger partial charge in [-0.2, -0.15) is 4.52 Å². The number of hydrogen-bond acceptors (Lipinski definition) is 9. The average molecular weight is 452 g/mol. The third kappa shape index (κ3) is 3.93. The Balaban J connectivity index is 1.10. The van der Waals surface area contributed by atoms with E-state index in [1.165, 1.54) is 0 Å². The molecule has 11 nitrogen and oxygen atoms in total. The van der Waals surface area contributed by atoms with Crippen LogP contribution in [0.2, 0.25) is 0 Å². The van der Waals surface area contributed by atoms with Crippen LogP contribution in [0.4, 0.5) is 11.5 Å². The van der Waals surface area contributed by atoms with Gasteiger partial charge in [-0.25, -0.2) is 0 Å². The number of rotatable bonds is 5. The van der Waals surface area contributed by atoms with Crippen LogP contribution in [0.3, 0.4) is 0 Å². The van der Waals surface area contributed by atoms with E-state index in [0.29, 0.717) is 48.3 Å². The number of nitrogens with zero attached hydrogens (tertiary/aromatic N) is 5. The van der Waals surface area contributed by atoms with Gasteiger partial charge in [0.15, 0.2) is 28.8 Å². The molecule has 1 N–H and O–H groups in total. The Hall–Kier alpha value is -3.44. The molecule has 3 aromatic rings. The summed E-state index contributed by atoms with van der Waals surface area (Å²) >= 11 is 0. The minimum absolute atomic E-state index is 0.125. The summed E-state index contributed by atoms with van der Waals surface area (Å²) in [6.07, 6.45) is 2.28. The van der Waals surface area contributed by atoms with Crippen LogP contribution in [0.1, 0.15) is 25.1 Å². The van der Waals surface area contributed by atoms with E-state index in [1.54, 1.807) is 22.7 Å². The lowest BCUT2D eigenvalue weighted by molar-refractivity contribution is -0.169. The highest BCUT2D eigenvalue weighted by molar-refractivity contribution is 5.91. The zero-order valence-electron chi connectivity index (χ0n) is 18.0. The summed E-state index contributed by atoms with van der Waals surface area (Å²) in [5.41, 5.74) is 1.31. The van der Waals surface area contributed by atoms with Crippen LogP contribution in [-0.4, -0.2) is 64.6 Å². The Kier molecular flexibility index (Phi) is 4.99. The van der Waals surface area contributed by atoms with E-state index in [1.807, 2.05) is 12.1 Å². The molecule has 3 aliphatic rings. The molecule has 3 aliphatic heterocycles. The third-order valence-electron chi connectivity index (χ3n) is 6.21. The van der Waals surface area contributed by atoms with Gasteiger partial charge in [-0.15, -0.1) is 15.3 Å². The Labute approximate surface area is 189 Å². The number of anilines is 2. The maximum absolute atomic E-state index is 12.5. The number of fused-ring (bicyclic) bond motifs is 2. The van der Waals surface area contributed by atoms with Crippen LogP contribution in [0.25, 0.3) is 5.65 Å². The van der Waals surface area contributed by atoms with Crippen molar-refractivity contribution in [3.8, 4) is 11.5 Å². The molecule has 0 unspecified atom stereocenters. The quantitative estimate of drug-likeness (QED) is 0.619. The van der Waals surface area contributed by atoms with Crippen LogP contribution in [0.5, 0.6) is 11.5 Å². The van der Waals surface area contributed by atoms with E-state index in [0.717, 1.165) is 31.7 Å². The van der Waals surface area contributed by atoms with E-state index in [9.17, 15) is 4.79 Å². The highest BCUT2D eigenvalue weighted by atomic mass is 16.7. The minimum Gasteiger partial charge on any atom is -0.454 e. The number of hydrogen-bond donors (Lipinski definition) is 1. The molecule has 6 rings (SSSR count). The standard InChI is InChI=1S/C22H24N6O5/c29-21(23-15-1-2-16-17(13-15)31-14-30-16)6-5-19-25-24-18-3-4-20(26-28(18)19)27-9-7-22(8-10-27)32-11-12-33-22/h1-4,13H,5-12,14H2,(H,23,29). The van der Waals surface area contributed by atoms with E-state index in [4.69, 9.17) is 24.0 Å². The van der Waals surface area contributed by atoms with E-state index in [2.05, 4.69) is 20.4 Å². The normalized spacial score (nSPS) is 18.8. The summed E-state index contributed by atoms with van der Waals surface area (Å²) in [6.45, 7) is 3.12. The zero-order valence-corrected chi connectivity index (χ0v) is 18.0. The Bertz CT molecular complexity index is 1180. The first-order valence-corrected chi connectivity index (χ1v) is 11.1. The fourth-order valence-electron chi connectivity index (χ4n) is 4.43. The highest BCUT2D eigenvalue weighted by Gasteiger charge is 2.40. The number of carbonyl (C=O) groups excluding carboxylic acids is 1. The third-order valence-corrected chi connectivity index (χ3v) is 6.21. The number of nitrogens with one attached hydrogen (secondary N) is 1. The molecular formula is C22H24N6O5. The summed E-state index contributed by atoms with van der Waals surface area (Å²) in [5.74, 6) is 2.25. The molecule has 2 aromatic heterocycles. The summed E-state index contributed by atoms with van der Waals surface area (Å²) in [6, 6.07) is 9.18. The highest BCUT2D eigenvalue weighted by Crippen LogP contribution is 2.34. The Morgan fingerprint density at radius 1 is 1.03 bits per heavy atom. The van der Waals surface area contributed by atoms with Crippen LogP contribution in [0.15, 0.2) is 30.3 Å². The maximum atomic E-state index is 12.5. The van der Waals surface area contributed by atoms with E-state index < -0.39 is 5.79 Å². The predicted molar refractivity (Wildman–Crippen MR) is 116 cm³/mol. The molecule has 1 spiro atoms. The number of benzene rings is 1. The van der Waals surface area contributed by atoms with Crippen molar-refractivity contribution in [2.45, 2.75) is 31.5 Å². The number of aromatic nitrogens is 4. The van der Waals surface area contributed by atoms with E-state index >= 15 is 0 Å². The van der Waals surface area contributed by atoms with Gasteiger partial charge in [0.25, 0.3) is 0 Å². The van der Waals surface area contributed by atoms with Crippen molar-refractivity contribution in [3.63, 3.8) is 0 Å². The summed E-state index contributed by atoms with van der Waals surface area (Å²) < 4.78 is 24.0. The molecule has 1 aromatic carbocycles. The smallest absolute Gasteiger partial charge is 0.231 e. The molecule has 0 atom stereocenters. The van der Waals surface area contributed by atoms with Crippen molar-refractivity contribution in [2.24, 2.45) is 0 Å². The maximum Gasteiger partial charge on any atom is 0.231 e. The Morgan fingerprint density at radius 3 is 2.70 bits per heavy atom. The number of aryl methyl sites for hydroxylation is 1. The molecule has 1 amide bonds. The lowest BCUT2D eigenvalue weighted by Gasteiger charge is -2.38. The van der Waals surface area contributed by atoms with Gasteiger partial charge in [0.2, 0.25) is 12.7 Å².